The Morgan fingerprint density at radius 2 is 0.785 bits per heavy atom. The van der Waals surface area contributed by atoms with Gasteiger partial charge in [0.1, 0.15) is 19.3 Å². The minimum absolute atomic E-state index is 0.0323. The second-order valence-corrected chi connectivity index (χ2v) is 25.5. The summed E-state index contributed by atoms with van der Waals surface area (Å²) in [5, 5.41) is 3.06. The van der Waals surface area contributed by atoms with Gasteiger partial charge in [-0.3, -0.25) is 18.6 Å². The fourth-order valence-electron chi connectivity index (χ4n) is 9.76. The summed E-state index contributed by atoms with van der Waals surface area (Å²) in [5.74, 6) is -0.558. The number of amides is 1. The minimum atomic E-state index is -4.46. The topological polar surface area (TPSA) is 111 Å². The van der Waals surface area contributed by atoms with E-state index in [1.54, 1.807) is 0 Å². The maximum absolute atomic E-state index is 13.6. The zero-order valence-corrected chi connectivity index (χ0v) is 53.8. The van der Waals surface area contributed by atoms with Gasteiger partial charge in [-0.1, -0.05) is 294 Å². The number of quaternary nitrogens is 1. The zero-order chi connectivity index (χ0) is 57.9. The fraction of sp³-hybridized carbons (Fsp3) is 0.826. The number of esters is 1. The number of hydrogen-bond acceptors (Lipinski definition) is 6. The van der Waals surface area contributed by atoms with Gasteiger partial charge >= 0.3 is 13.8 Å². The SMILES string of the molecule is CCCCC/C=C\C/C=C\C/C=C\C/C=C\CCCC(=O)OC(/C=C/CCCCCCCCCCCCC)C(COP(=O)(O)OCC[N+](C)(C)C)NC(=O)CCCCCCCCCCCCCCCCCCCCCCCCC. The molecule has 0 aliphatic heterocycles. The van der Waals surface area contributed by atoms with Crippen LogP contribution in [0.1, 0.15) is 316 Å². The lowest BCUT2D eigenvalue weighted by atomic mass is 10.0. The van der Waals surface area contributed by atoms with Crippen molar-refractivity contribution < 1.29 is 37.3 Å². The van der Waals surface area contributed by atoms with Crippen molar-refractivity contribution in [3.8, 4) is 0 Å². The molecule has 0 aromatic heterocycles. The highest BCUT2D eigenvalue weighted by atomic mass is 31.2. The first-order chi connectivity index (χ1) is 38.4. The van der Waals surface area contributed by atoms with Gasteiger partial charge in [0, 0.05) is 12.8 Å². The fourth-order valence-corrected chi connectivity index (χ4v) is 10.5. The van der Waals surface area contributed by atoms with Gasteiger partial charge in [0.05, 0.1) is 33.8 Å². The molecule has 1 amide bonds. The number of carbonyl (C=O) groups is 2. The molecule has 2 N–H and O–H groups in total. The number of carbonyl (C=O) groups excluding carboxylic acids is 2. The van der Waals surface area contributed by atoms with Crippen LogP contribution in [-0.4, -0.2) is 74.3 Å². The van der Waals surface area contributed by atoms with Crippen LogP contribution in [0.15, 0.2) is 60.8 Å². The third kappa shape index (κ3) is 60.1. The highest BCUT2D eigenvalue weighted by Crippen LogP contribution is 2.43. The lowest BCUT2D eigenvalue weighted by molar-refractivity contribution is -0.870. The molecule has 0 bridgehead atoms. The summed E-state index contributed by atoms with van der Waals surface area (Å²) in [6, 6.07) is -0.870. The van der Waals surface area contributed by atoms with E-state index >= 15 is 0 Å². The number of hydrogen-bond donors (Lipinski definition) is 2. The molecule has 0 aromatic carbocycles. The number of nitrogens with zero attached hydrogens (tertiary/aromatic N) is 1. The average molecular weight is 1130 g/mol. The summed E-state index contributed by atoms with van der Waals surface area (Å²) in [5.41, 5.74) is 0. The Morgan fingerprint density at radius 1 is 0.443 bits per heavy atom. The molecule has 0 saturated carbocycles. The molecule has 0 spiro atoms. The maximum Gasteiger partial charge on any atom is 0.472 e. The quantitative estimate of drug-likeness (QED) is 0.0205. The summed E-state index contributed by atoms with van der Waals surface area (Å²) < 4.78 is 30.7. The number of phosphoric ester groups is 1. The summed E-state index contributed by atoms with van der Waals surface area (Å²) >= 11 is 0. The van der Waals surface area contributed by atoms with E-state index in [4.69, 9.17) is 13.8 Å². The van der Waals surface area contributed by atoms with Crippen molar-refractivity contribution in [2.45, 2.75) is 328 Å². The van der Waals surface area contributed by atoms with Gasteiger partial charge in [-0.2, -0.15) is 0 Å². The van der Waals surface area contributed by atoms with E-state index in [0.717, 1.165) is 64.2 Å². The van der Waals surface area contributed by atoms with Crippen LogP contribution in [0.4, 0.5) is 0 Å². The Balaban J connectivity index is 5.21. The highest BCUT2D eigenvalue weighted by Gasteiger charge is 2.30. The van der Waals surface area contributed by atoms with E-state index in [0.29, 0.717) is 23.9 Å². The lowest BCUT2D eigenvalue weighted by Gasteiger charge is -2.27. The van der Waals surface area contributed by atoms with Crippen molar-refractivity contribution in [2.24, 2.45) is 0 Å². The second kappa shape index (κ2) is 58.9. The summed E-state index contributed by atoms with van der Waals surface area (Å²) in [6.45, 7) is 6.99. The van der Waals surface area contributed by atoms with Crippen LogP contribution in [0, 0.1) is 0 Å². The van der Waals surface area contributed by atoms with Gasteiger partial charge in [-0.05, 0) is 70.3 Å². The number of unbranched alkanes of at least 4 members (excludes halogenated alkanes) is 37. The van der Waals surface area contributed by atoms with Crippen LogP contribution in [0.2, 0.25) is 0 Å². The van der Waals surface area contributed by atoms with E-state index in [1.165, 1.54) is 212 Å². The van der Waals surface area contributed by atoms with Crippen LogP contribution in [0.3, 0.4) is 0 Å². The second-order valence-electron chi connectivity index (χ2n) is 24.0. The Hall–Kier alpha value is -2.29. The van der Waals surface area contributed by atoms with E-state index < -0.39 is 20.0 Å². The van der Waals surface area contributed by atoms with Crippen molar-refractivity contribution >= 4 is 19.7 Å². The summed E-state index contributed by atoms with van der Waals surface area (Å²) in [6.07, 6.45) is 75.2. The molecule has 0 heterocycles. The molecule has 462 valence electrons. The van der Waals surface area contributed by atoms with Crippen LogP contribution in [-0.2, 0) is 27.9 Å². The lowest BCUT2D eigenvalue weighted by Crippen LogP contribution is -2.47. The molecular formula is C69H130N2O7P+. The number of phosphoric acid groups is 1. The standard InChI is InChI=1S/C69H129N2O7P/c1-7-10-13-16-19-22-25-28-30-32-33-34-35-36-37-39-40-43-46-49-52-55-58-61-68(72)70-66(65-77-79(74,75)76-64-63-71(4,5)6)67(60-57-54-51-48-45-42-27-24-21-18-15-12-9-3)78-69(73)62-59-56-53-50-47-44-41-38-31-29-26-23-20-17-14-11-8-2/h20,23,29,31,41,44,50,53,57,60,66-67H,7-19,21-22,24-28,30,32-40,42-43,45-49,51-52,54-56,58-59,61-65H2,1-6H3,(H-,70,72,74,75)/p+1/b23-20-,31-29-,44-41-,53-50-,60-57+. The molecule has 0 radical (unpaired) electrons. The molecule has 10 heteroatoms. The molecule has 0 rings (SSSR count). The molecule has 3 atom stereocenters. The van der Waals surface area contributed by atoms with Gasteiger partial charge in [-0.15, -0.1) is 0 Å². The third-order valence-corrected chi connectivity index (χ3v) is 15.9. The van der Waals surface area contributed by atoms with Crippen LogP contribution >= 0.6 is 7.82 Å². The molecule has 0 aliphatic carbocycles. The number of nitrogens with one attached hydrogen (secondary N) is 1. The summed E-state index contributed by atoms with van der Waals surface area (Å²) in [4.78, 5) is 37.8. The largest absolute Gasteiger partial charge is 0.472 e. The van der Waals surface area contributed by atoms with Gasteiger partial charge in [0.2, 0.25) is 5.91 Å². The molecule has 79 heavy (non-hydrogen) atoms. The number of rotatable bonds is 61. The monoisotopic (exact) mass is 1130 g/mol. The van der Waals surface area contributed by atoms with Crippen LogP contribution in [0.5, 0.6) is 0 Å². The summed E-state index contributed by atoms with van der Waals surface area (Å²) in [7, 11) is 1.48. The number of allylic oxidation sites excluding steroid dienone is 9. The Bertz CT molecular complexity index is 1540. The van der Waals surface area contributed by atoms with Crippen molar-refractivity contribution in [3.05, 3.63) is 60.8 Å². The normalized spacial score (nSPS) is 14.0. The van der Waals surface area contributed by atoms with Crippen LogP contribution < -0.4 is 5.32 Å². The van der Waals surface area contributed by atoms with E-state index in [2.05, 4.69) is 74.7 Å². The predicted octanol–water partition coefficient (Wildman–Crippen LogP) is 21.0. The Kier molecular flexibility index (Phi) is 57.2. The van der Waals surface area contributed by atoms with E-state index in [9.17, 15) is 19.0 Å². The van der Waals surface area contributed by atoms with Gasteiger partial charge in [0.25, 0.3) is 0 Å². The third-order valence-electron chi connectivity index (χ3n) is 15.0. The highest BCUT2D eigenvalue weighted by molar-refractivity contribution is 7.47. The maximum atomic E-state index is 13.6. The van der Waals surface area contributed by atoms with Crippen molar-refractivity contribution in [1.29, 1.82) is 0 Å². The number of ether oxygens (including phenoxy) is 1. The van der Waals surface area contributed by atoms with Gasteiger partial charge < -0.3 is 19.4 Å². The molecule has 0 aliphatic rings. The smallest absolute Gasteiger partial charge is 0.456 e. The van der Waals surface area contributed by atoms with Crippen LogP contribution in [0.25, 0.3) is 0 Å². The first-order valence-corrected chi connectivity index (χ1v) is 35.1. The van der Waals surface area contributed by atoms with Gasteiger partial charge in [-0.25, -0.2) is 4.57 Å². The first-order valence-electron chi connectivity index (χ1n) is 33.6. The zero-order valence-electron chi connectivity index (χ0n) is 52.9. The van der Waals surface area contributed by atoms with E-state index in [-0.39, 0.29) is 31.5 Å². The Labute approximate surface area is 490 Å². The predicted molar refractivity (Wildman–Crippen MR) is 342 cm³/mol. The molecule has 0 saturated heterocycles. The first kappa shape index (κ1) is 76.7. The van der Waals surface area contributed by atoms with E-state index in [1.807, 2.05) is 33.3 Å². The minimum Gasteiger partial charge on any atom is -0.456 e. The molecule has 3 unspecified atom stereocenters. The van der Waals surface area contributed by atoms with Crippen molar-refractivity contribution in [3.63, 3.8) is 0 Å². The number of likely N-dealkylation sites (N-methyl/N-ethyl adjacent to an activating group) is 1. The molecular weight excluding hydrogens is 1000 g/mol. The van der Waals surface area contributed by atoms with Gasteiger partial charge in [0.15, 0.2) is 0 Å². The average Bonchev–Trinajstić information content (AvgIpc) is 3.41. The molecule has 0 fully saturated rings. The Morgan fingerprint density at radius 3 is 1.20 bits per heavy atom. The molecule has 0 aromatic rings. The van der Waals surface area contributed by atoms with Crippen molar-refractivity contribution in [1.82, 2.24) is 5.32 Å². The van der Waals surface area contributed by atoms with Crippen molar-refractivity contribution in [2.75, 3.05) is 40.9 Å². The molecule has 9 nitrogen and oxygen atoms in total.